The number of rotatable bonds is 4. The van der Waals surface area contributed by atoms with E-state index in [-0.39, 0.29) is 18.0 Å². The second-order valence-electron chi connectivity index (χ2n) is 9.20. The third kappa shape index (κ3) is 3.98. The van der Waals surface area contributed by atoms with Crippen LogP contribution < -0.4 is 0 Å². The van der Waals surface area contributed by atoms with Gasteiger partial charge in [-0.2, -0.15) is 0 Å². The SMILES string of the molecule is O[C@@H]1CCN(Cc2ccc(F)cc2)C[C@H]1N1C2CCC1CC(c1ccccc1)C2. The van der Waals surface area contributed by atoms with Crippen molar-refractivity contribution in [2.45, 2.75) is 68.8 Å². The maximum atomic E-state index is 13.2. The molecule has 4 heteroatoms. The minimum absolute atomic E-state index is 0.182. The Balaban J connectivity index is 1.28. The van der Waals surface area contributed by atoms with Gasteiger partial charge in [0, 0.05) is 37.8 Å². The molecule has 2 bridgehead atoms. The van der Waals surface area contributed by atoms with Gasteiger partial charge in [-0.05, 0) is 61.3 Å². The highest BCUT2D eigenvalue weighted by Gasteiger charge is 2.47. The predicted octanol–water partition coefficient (Wildman–Crippen LogP) is 4.17. The molecular formula is C25H31FN2O. The number of benzene rings is 2. The summed E-state index contributed by atoms with van der Waals surface area (Å²) in [5, 5.41) is 10.9. The topological polar surface area (TPSA) is 26.7 Å². The van der Waals surface area contributed by atoms with Crippen molar-refractivity contribution >= 4 is 0 Å². The van der Waals surface area contributed by atoms with Gasteiger partial charge in [0.05, 0.1) is 6.10 Å². The van der Waals surface area contributed by atoms with Gasteiger partial charge in [0.25, 0.3) is 0 Å². The summed E-state index contributed by atoms with van der Waals surface area (Å²) in [6, 6.07) is 19.2. The lowest BCUT2D eigenvalue weighted by Crippen LogP contribution is -2.59. The van der Waals surface area contributed by atoms with Crippen molar-refractivity contribution in [3.8, 4) is 0 Å². The molecule has 3 heterocycles. The number of hydrogen-bond acceptors (Lipinski definition) is 3. The van der Waals surface area contributed by atoms with E-state index in [1.54, 1.807) is 12.1 Å². The van der Waals surface area contributed by atoms with Crippen molar-refractivity contribution in [2.75, 3.05) is 13.1 Å². The molecule has 0 aliphatic carbocycles. The molecule has 0 aromatic heterocycles. The molecule has 3 aliphatic heterocycles. The first-order valence-corrected chi connectivity index (χ1v) is 11.1. The molecule has 2 unspecified atom stereocenters. The molecule has 1 N–H and O–H groups in total. The number of fused-ring (bicyclic) bond motifs is 2. The van der Waals surface area contributed by atoms with Crippen LogP contribution in [0, 0.1) is 5.82 Å². The largest absolute Gasteiger partial charge is 0.391 e. The first-order valence-electron chi connectivity index (χ1n) is 11.1. The van der Waals surface area contributed by atoms with Crippen LogP contribution in [0.5, 0.6) is 0 Å². The molecule has 3 aliphatic rings. The van der Waals surface area contributed by atoms with Crippen molar-refractivity contribution in [3.05, 3.63) is 71.5 Å². The molecule has 2 aromatic carbocycles. The van der Waals surface area contributed by atoms with Gasteiger partial charge in [0.1, 0.15) is 5.82 Å². The fraction of sp³-hybridized carbons (Fsp3) is 0.520. The third-order valence-electron chi connectivity index (χ3n) is 7.39. The van der Waals surface area contributed by atoms with Crippen LogP contribution in [0.15, 0.2) is 54.6 Å². The van der Waals surface area contributed by atoms with E-state index in [4.69, 9.17) is 0 Å². The molecular weight excluding hydrogens is 363 g/mol. The molecule has 0 spiro atoms. The summed E-state index contributed by atoms with van der Waals surface area (Å²) in [6.07, 6.45) is 5.52. The number of hydrogen-bond donors (Lipinski definition) is 1. The van der Waals surface area contributed by atoms with Gasteiger partial charge >= 0.3 is 0 Å². The predicted molar refractivity (Wildman–Crippen MR) is 113 cm³/mol. The maximum absolute atomic E-state index is 13.2. The highest BCUT2D eigenvalue weighted by atomic mass is 19.1. The summed E-state index contributed by atoms with van der Waals surface area (Å²) in [4.78, 5) is 5.12. The monoisotopic (exact) mass is 394 g/mol. The Morgan fingerprint density at radius 1 is 0.897 bits per heavy atom. The second-order valence-corrected chi connectivity index (χ2v) is 9.20. The molecule has 0 amide bonds. The smallest absolute Gasteiger partial charge is 0.123 e. The van der Waals surface area contributed by atoms with E-state index < -0.39 is 0 Å². The summed E-state index contributed by atoms with van der Waals surface area (Å²) < 4.78 is 13.2. The normalized spacial score (nSPS) is 33.1. The van der Waals surface area contributed by atoms with Crippen molar-refractivity contribution in [1.29, 1.82) is 0 Å². The first kappa shape index (κ1) is 19.2. The van der Waals surface area contributed by atoms with Crippen LogP contribution in [0.1, 0.15) is 49.1 Å². The van der Waals surface area contributed by atoms with E-state index in [2.05, 4.69) is 40.1 Å². The number of halogens is 1. The Morgan fingerprint density at radius 2 is 1.59 bits per heavy atom. The van der Waals surface area contributed by atoms with Crippen molar-refractivity contribution in [2.24, 2.45) is 0 Å². The van der Waals surface area contributed by atoms with Crippen LogP contribution in [-0.4, -0.2) is 52.2 Å². The Labute approximate surface area is 173 Å². The zero-order chi connectivity index (χ0) is 19.8. The molecule has 3 fully saturated rings. The van der Waals surface area contributed by atoms with Crippen LogP contribution in [0.4, 0.5) is 4.39 Å². The third-order valence-corrected chi connectivity index (χ3v) is 7.39. The summed E-state index contributed by atoms with van der Waals surface area (Å²) >= 11 is 0. The Morgan fingerprint density at radius 3 is 2.28 bits per heavy atom. The molecule has 5 rings (SSSR count). The summed E-state index contributed by atoms with van der Waals surface area (Å²) in [5.74, 6) is 0.472. The van der Waals surface area contributed by atoms with Crippen LogP contribution in [0.2, 0.25) is 0 Å². The highest BCUT2D eigenvalue weighted by Crippen LogP contribution is 2.45. The van der Waals surface area contributed by atoms with E-state index >= 15 is 0 Å². The molecule has 29 heavy (non-hydrogen) atoms. The van der Waals surface area contributed by atoms with Gasteiger partial charge < -0.3 is 5.11 Å². The van der Waals surface area contributed by atoms with Crippen LogP contribution in [-0.2, 0) is 6.54 Å². The van der Waals surface area contributed by atoms with Gasteiger partial charge in [0.15, 0.2) is 0 Å². The maximum Gasteiger partial charge on any atom is 0.123 e. The minimum Gasteiger partial charge on any atom is -0.391 e. The van der Waals surface area contributed by atoms with E-state index in [0.29, 0.717) is 18.0 Å². The van der Waals surface area contributed by atoms with Gasteiger partial charge in [-0.1, -0.05) is 42.5 Å². The molecule has 154 valence electrons. The average molecular weight is 395 g/mol. The molecule has 0 saturated carbocycles. The van der Waals surface area contributed by atoms with Crippen LogP contribution >= 0.6 is 0 Å². The summed E-state index contributed by atoms with van der Waals surface area (Å²) in [7, 11) is 0. The molecule has 0 radical (unpaired) electrons. The lowest BCUT2D eigenvalue weighted by atomic mass is 9.83. The van der Waals surface area contributed by atoms with Gasteiger partial charge in [0.2, 0.25) is 0 Å². The Bertz CT molecular complexity index is 797. The fourth-order valence-corrected chi connectivity index (χ4v) is 6.02. The van der Waals surface area contributed by atoms with Crippen LogP contribution in [0.25, 0.3) is 0 Å². The van der Waals surface area contributed by atoms with Gasteiger partial charge in [-0.25, -0.2) is 4.39 Å². The fourth-order valence-electron chi connectivity index (χ4n) is 6.02. The van der Waals surface area contributed by atoms with E-state index in [1.807, 2.05) is 12.1 Å². The number of nitrogens with zero attached hydrogens (tertiary/aromatic N) is 2. The van der Waals surface area contributed by atoms with Crippen molar-refractivity contribution in [1.82, 2.24) is 9.80 Å². The average Bonchev–Trinajstić information content (AvgIpc) is 3.00. The minimum atomic E-state index is -0.240. The zero-order valence-corrected chi connectivity index (χ0v) is 17.0. The van der Waals surface area contributed by atoms with Gasteiger partial charge in [-0.3, -0.25) is 9.80 Å². The van der Waals surface area contributed by atoms with Crippen LogP contribution in [0.3, 0.4) is 0 Å². The summed E-state index contributed by atoms with van der Waals surface area (Å²) in [6.45, 7) is 2.64. The van der Waals surface area contributed by atoms with E-state index in [1.165, 1.54) is 31.2 Å². The number of piperidine rings is 2. The quantitative estimate of drug-likeness (QED) is 0.843. The highest BCUT2D eigenvalue weighted by molar-refractivity contribution is 5.22. The van der Waals surface area contributed by atoms with E-state index in [0.717, 1.165) is 31.6 Å². The first-order chi connectivity index (χ1) is 14.2. The lowest BCUT2D eigenvalue weighted by molar-refractivity contribution is -0.0476. The molecule has 2 aromatic rings. The zero-order valence-electron chi connectivity index (χ0n) is 17.0. The number of aliphatic hydroxyl groups excluding tert-OH is 1. The Kier molecular flexibility index (Phi) is 5.42. The second kappa shape index (κ2) is 8.17. The molecule has 3 saturated heterocycles. The standard InChI is InChI=1S/C25H31FN2O/c26-21-8-6-18(7-9-21)16-27-13-12-25(29)24(17-27)28-22-10-11-23(28)15-20(14-22)19-4-2-1-3-5-19/h1-9,20,22-25,29H,10-17H2/t20?,22?,23?,24-,25-/m1/s1. The summed E-state index contributed by atoms with van der Waals surface area (Å²) in [5.41, 5.74) is 2.62. The molecule has 4 atom stereocenters. The number of likely N-dealkylation sites (tertiary alicyclic amines) is 1. The van der Waals surface area contributed by atoms with Crippen molar-refractivity contribution < 1.29 is 9.50 Å². The van der Waals surface area contributed by atoms with Crippen molar-refractivity contribution in [3.63, 3.8) is 0 Å². The number of aliphatic hydroxyl groups is 1. The Hall–Kier alpha value is -1.75. The van der Waals surface area contributed by atoms with E-state index in [9.17, 15) is 9.50 Å². The molecule has 3 nitrogen and oxygen atoms in total. The van der Waals surface area contributed by atoms with Gasteiger partial charge in [-0.15, -0.1) is 0 Å². The lowest BCUT2D eigenvalue weighted by Gasteiger charge is -2.48.